The Hall–Kier alpha value is -1.32. The van der Waals surface area contributed by atoms with Crippen LogP contribution in [-0.2, 0) is 19.1 Å². The molecule has 1 spiro atoms. The number of aliphatic carboxylic acids is 1. The van der Waals surface area contributed by atoms with E-state index >= 15 is 0 Å². The quantitative estimate of drug-likeness (QED) is 0.761. The van der Waals surface area contributed by atoms with Gasteiger partial charge in [0, 0.05) is 38.6 Å². The largest absolute Gasteiger partial charge is 0.480 e. The molecular formula is C13H20N2O6S. The summed E-state index contributed by atoms with van der Waals surface area (Å²) in [5.74, 6) is -2.12. The molecule has 0 bridgehead atoms. The smallest absolute Gasteiger partial charge is 0.327 e. The molecule has 0 aromatic rings. The van der Waals surface area contributed by atoms with Gasteiger partial charge in [0.25, 0.3) is 5.24 Å². The number of thioether (sulfide) groups is 1. The zero-order chi connectivity index (χ0) is 16.2. The second-order valence-corrected chi connectivity index (χ2v) is 6.23. The molecule has 0 saturated carbocycles. The van der Waals surface area contributed by atoms with Crippen LogP contribution in [0.5, 0.6) is 0 Å². The fourth-order valence-electron chi connectivity index (χ4n) is 2.48. The number of carboxylic acids is 1. The van der Waals surface area contributed by atoms with E-state index in [1.165, 1.54) is 6.92 Å². The first-order valence-electron chi connectivity index (χ1n) is 7.11. The van der Waals surface area contributed by atoms with E-state index in [4.69, 9.17) is 14.6 Å². The van der Waals surface area contributed by atoms with Crippen LogP contribution in [0, 0.1) is 0 Å². The normalized spacial score (nSPS) is 21.6. The molecule has 0 radical (unpaired) electrons. The van der Waals surface area contributed by atoms with Crippen LogP contribution in [0.1, 0.15) is 19.8 Å². The summed E-state index contributed by atoms with van der Waals surface area (Å²) >= 11 is 0.902. The second kappa shape index (κ2) is 7.30. The lowest BCUT2D eigenvalue weighted by Crippen LogP contribution is -2.47. The summed E-state index contributed by atoms with van der Waals surface area (Å²) in [6.07, 6.45) is 1.24. The molecule has 2 aliphatic rings. The summed E-state index contributed by atoms with van der Waals surface area (Å²) in [5.41, 5.74) is 0. The minimum atomic E-state index is -1.15. The van der Waals surface area contributed by atoms with E-state index in [-0.39, 0.29) is 11.0 Å². The van der Waals surface area contributed by atoms with E-state index in [0.717, 1.165) is 11.8 Å². The van der Waals surface area contributed by atoms with Crippen molar-refractivity contribution >= 4 is 28.9 Å². The summed E-state index contributed by atoms with van der Waals surface area (Å²) in [6.45, 7) is 3.45. The maximum absolute atomic E-state index is 12.1. The van der Waals surface area contributed by atoms with Gasteiger partial charge in [0.05, 0.1) is 13.2 Å². The monoisotopic (exact) mass is 332 g/mol. The van der Waals surface area contributed by atoms with E-state index in [2.05, 4.69) is 5.32 Å². The number of nitrogens with one attached hydrogen (secondary N) is 1. The minimum absolute atomic E-state index is 0.00237. The summed E-state index contributed by atoms with van der Waals surface area (Å²) in [4.78, 5) is 35.7. The van der Waals surface area contributed by atoms with Crippen molar-refractivity contribution < 1.29 is 29.0 Å². The van der Waals surface area contributed by atoms with Gasteiger partial charge in [0.2, 0.25) is 5.91 Å². The molecule has 1 atom stereocenters. The molecule has 0 aliphatic carbocycles. The lowest BCUT2D eigenvalue weighted by molar-refractivity contribution is -0.180. The van der Waals surface area contributed by atoms with Crippen molar-refractivity contribution in [2.45, 2.75) is 31.6 Å². The van der Waals surface area contributed by atoms with Gasteiger partial charge < -0.3 is 24.8 Å². The first kappa shape index (κ1) is 17.0. The molecule has 2 saturated heterocycles. The zero-order valence-corrected chi connectivity index (χ0v) is 13.2. The number of hydrogen-bond acceptors (Lipinski definition) is 6. The first-order valence-corrected chi connectivity index (χ1v) is 8.10. The van der Waals surface area contributed by atoms with Gasteiger partial charge in [-0.1, -0.05) is 11.8 Å². The number of carbonyl (C=O) groups excluding carboxylic acids is 2. The highest BCUT2D eigenvalue weighted by molar-refractivity contribution is 8.13. The number of hydrogen-bond donors (Lipinski definition) is 2. The second-order valence-electron chi connectivity index (χ2n) is 5.26. The molecule has 2 N–H and O–H groups in total. The average molecular weight is 332 g/mol. The molecule has 9 heteroatoms. The first-order chi connectivity index (χ1) is 10.4. The van der Waals surface area contributed by atoms with Crippen LogP contribution in [0.4, 0.5) is 4.79 Å². The van der Waals surface area contributed by atoms with Crippen LogP contribution < -0.4 is 5.32 Å². The molecule has 22 heavy (non-hydrogen) atoms. The van der Waals surface area contributed by atoms with Crippen LogP contribution >= 0.6 is 11.8 Å². The minimum Gasteiger partial charge on any atom is -0.480 e. The molecule has 0 aromatic carbocycles. The maximum Gasteiger partial charge on any atom is 0.327 e. The lowest BCUT2D eigenvalue weighted by Gasteiger charge is -2.37. The van der Waals surface area contributed by atoms with Crippen LogP contribution in [-0.4, -0.2) is 71.0 Å². The van der Waals surface area contributed by atoms with Crippen LogP contribution in [0.15, 0.2) is 0 Å². The van der Waals surface area contributed by atoms with Crippen LogP contribution in [0.25, 0.3) is 0 Å². The third-order valence-electron chi connectivity index (χ3n) is 3.65. The van der Waals surface area contributed by atoms with Gasteiger partial charge >= 0.3 is 5.97 Å². The average Bonchev–Trinajstić information content (AvgIpc) is 2.91. The Kier molecular flexibility index (Phi) is 5.65. The van der Waals surface area contributed by atoms with Crippen LogP contribution in [0.3, 0.4) is 0 Å². The molecular weight excluding hydrogens is 312 g/mol. The Morgan fingerprint density at radius 3 is 2.36 bits per heavy atom. The molecule has 2 rings (SSSR count). The summed E-state index contributed by atoms with van der Waals surface area (Å²) in [6, 6.07) is -1.07. The fourth-order valence-corrected chi connectivity index (χ4v) is 3.38. The molecule has 2 heterocycles. The van der Waals surface area contributed by atoms with Crippen molar-refractivity contribution in [2.24, 2.45) is 0 Å². The summed E-state index contributed by atoms with van der Waals surface area (Å²) < 4.78 is 11.2. The Balaban J connectivity index is 1.77. The van der Waals surface area contributed by atoms with Crippen molar-refractivity contribution in [3.05, 3.63) is 0 Å². The Labute approximate surface area is 132 Å². The topological polar surface area (TPSA) is 105 Å². The number of likely N-dealkylation sites (tertiary alicyclic amines) is 1. The SMILES string of the molecule is CC(=O)N[C@@H](CSC(=O)N1CCC2(CC1)OCCO2)C(=O)O. The molecule has 0 unspecified atom stereocenters. The molecule has 0 aromatic heterocycles. The molecule has 2 aliphatic heterocycles. The highest BCUT2D eigenvalue weighted by atomic mass is 32.2. The van der Waals surface area contributed by atoms with Gasteiger partial charge in [-0.25, -0.2) is 4.79 Å². The van der Waals surface area contributed by atoms with Gasteiger partial charge in [0.15, 0.2) is 5.79 Å². The number of carboxylic acid groups (broad SMARTS) is 1. The third kappa shape index (κ3) is 4.34. The number of amides is 2. The highest BCUT2D eigenvalue weighted by Gasteiger charge is 2.40. The molecule has 124 valence electrons. The predicted molar refractivity (Wildman–Crippen MR) is 78.5 cm³/mol. The van der Waals surface area contributed by atoms with Gasteiger partial charge in [-0.15, -0.1) is 0 Å². The van der Waals surface area contributed by atoms with Crippen molar-refractivity contribution in [1.82, 2.24) is 10.2 Å². The standard InChI is InChI=1S/C13H20N2O6S/c1-9(16)14-10(11(17)18)8-22-12(19)15-4-2-13(3-5-15)20-6-7-21-13/h10H,2-8H2,1H3,(H,14,16)(H,17,18)/t10-/m0/s1. The predicted octanol–water partition coefficient (Wildman–Crippen LogP) is 0.268. The van der Waals surface area contributed by atoms with E-state index < -0.39 is 23.7 Å². The fraction of sp³-hybridized carbons (Fsp3) is 0.769. The zero-order valence-electron chi connectivity index (χ0n) is 12.4. The number of rotatable bonds is 4. The van der Waals surface area contributed by atoms with Crippen molar-refractivity contribution in [2.75, 3.05) is 32.1 Å². The van der Waals surface area contributed by atoms with E-state index in [1.54, 1.807) is 4.90 Å². The molecule has 2 fully saturated rings. The van der Waals surface area contributed by atoms with Gasteiger partial charge in [0.1, 0.15) is 6.04 Å². The number of nitrogens with zero attached hydrogens (tertiary/aromatic N) is 1. The van der Waals surface area contributed by atoms with Crippen molar-refractivity contribution in [3.8, 4) is 0 Å². The number of carbonyl (C=O) groups is 3. The molecule has 2 amide bonds. The Morgan fingerprint density at radius 2 is 1.86 bits per heavy atom. The van der Waals surface area contributed by atoms with E-state index in [0.29, 0.717) is 39.1 Å². The third-order valence-corrected chi connectivity index (χ3v) is 4.65. The van der Waals surface area contributed by atoms with Crippen LogP contribution in [0.2, 0.25) is 0 Å². The maximum atomic E-state index is 12.1. The number of piperidine rings is 1. The molecule has 8 nitrogen and oxygen atoms in total. The van der Waals surface area contributed by atoms with E-state index in [1.807, 2.05) is 0 Å². The summed E-state index contributed by atoms with van der Waals surface area (Å²) in [5, 5.41) is 11.1. The van der Waals surface area contributed by atoms with E-state index in [9.17, 15) is 14.4 Å². The van der Waals surface area contributed by atoms with Crippen molar-refractivity contribution in [3.63, 3.8) is 0 Å². The van der Waals surface area contributed by atoms with Gasteiger partial charge in [-0.2, -0.15) is 0 Å². The van der Waals surface area contributed by atoms with Crippen molar-refractivity contribution in [1.29, 1.82) is 0 Å². The number of ether oxygens (including phenoxy) is 2. The Morgan fingerprint density at radius 1 is 1.27 bits per heavy atom. The van der Waals surface area contributed by atoms with Gasteiger partial charge in [-0.3, -0.25) is 9.59 Å². The highest BCUT2D eigenvalue weighted by Crippen LogP contribution is 2.32. The van der Waals surface area contributed by atoms with Gasteiger partial charge in [-0.05, 0) is 0 Å². The lowest BCUT2D eigenvalue weighted by atomic mass is 10.0. The Bertz CT molecular complexity index is 442. The summed E-state index contributed by atoms with van der Waals surface area (Å²) in [7, 11) is 0.